The SMILES string of the molecule is CCNC(=NCCc1csc(CC)n1)N1CCC(CSc2ccccc2)C1.I. The molecule has 2 heterocycles. The Labute approximate surface area is 194 Å². The second kappa shape index (κ2) is 12.7. The van der Waals surface area contributed by atoms with E-state index in [-0.39, 0.29) is 24.0 Å². The molecule has 154 valence electrons. The molecule has 0 aliphatic carbocycles. The summed E-state index contributed by atoms with van der Waals surface area (Å²) < 4.78 is 0. The molecule has 1 aromatic heterocycles. The molecule has 0 spiro atoms. The van der Waals surface area contributed by atoms with E-state index in [9.17, 15) is 0 Å². The number of likely N-dealkylation sites (tertiary alicyclic amines) is 1. The smallest absolute Gasteiger partial charge is 0.193 e. The van der Waals surface area contributed by atoms with E-state index in [2.05, 4.69) is 64.8 Å². The van der Waals surface area contributed by atoms with Gasteiger partial charge in [0.1, 0.15) is 0 Å². The number of rotatable bonds is 8. The highest BCUT2D eigenvalue weighted by molar-refractivity contribution is 14.0. The van der Waals surface area contributed by atoms with Gasteiger partial charge < -0.3 is 10.2 Å². The maximum absolute atomic E-state index is 4.87. The van der Waals surface area contributed by atoms with Gasteiger partial charge in [-0.05, 0) is 37.8 Å². The number of thioether (sulfide) groups is 1. The Morgan fingerprint density at radius 3 is 2.86 bits per heavy atom. The molecule has 0 bridgehead atoms. The molecule has 3 rings (SSSR count). The zero-order valence-corrected chi connectivity index (χ0v) is 20.7. The highest BCUT2D eigenvalue weighted by atomic mass is 127. The minimum atomic E-state index is 0. The van der Waals surface area contributed by atoms with Crippen molar-refractivity contribution in [2.75, 3.05) is 31.9 Å². The van der Waals surface area contributed by atoms with E-state index in [0.29, 0.717) is 0 Å². The first-order chi connectivity index (χ1) is 13.3. The van der Waals surface area contributed by atoms with Gasteiger partial charge in [0.15, 0.2) is 5.96 Å². The average Bonchev–Trinajstić information content (AvgIpc) is 3.36. The molecule has 1 atom stereocenters. The van der Waals surface area contributed by atoms with Crippen LogP contribution in [0.3, 0.4) is 0 Å². The summed E-state index contributed by atoms with van der Waals surface area (Å²) in [6, 6.07) is 10.7. The number of hydrogen-bond donors (Lipinski definition) is 1. The Hall–Kier alpha value is -0.800. The van der Waals surface area contributed by atoms with Crippen LogP contribution < -0.4 is 5.32 Å². The van der Waals surface area contributed by atoms with E-state index in [1.54, 1.807) is 11.3 Å². The maximum atomic E-state index is 4.87. The van der Waals surface area contributed by atoms with Crippen molar-refractivity contribution in [2.45, 2.75) is 38.0 Å². The number of thiazole rings is 1. The average molecular weight is 531 g/mol. The molecule has 2 aromatic rings. The van der Waals surface area contributed by atoms with E-state index < -0.39 is 0 Å². The zero-order valence-electron chi connectivity index (χ0n) is 16.8. The topological polar surface area (TPSA) is 40.5 Å². The van der Waals surface area contributed by atoms with Crippen LogP contribution in [-0.2, 0) is 12.8 Å². The molecule has 1 fully saturated rings. The molecular weight excluding hydrogens is 499 g/mol. The first kappa shape index (κ1) is 23.5. The lowest BCUT2D eigenvalue weighted by molar-refractivity contribution is 0.474. The number of nitrogens with one attached hydrogen (secondary N) is 1. The van der Waals surface area contributed by atoms with Crippen LogP contribution in [0.1, 0.15) is 31.0 Å². The molecule has 1 aliphatic heterocycles. The van der Waals surface area contributed by atoms with Crippen LogP contribution in [0, 0.1) is 5.92 Å². The zero-order chi connectivity index (χ0) is 18.9. The van der Waals surface area contributed by atoms with Crippen LogP contribution in [0.25, 0.3) is 0 Å². The van der Waals surface area contributed by atoms with Crippen LogP contribution in [0.15, 0.2) is 45.6 Å². The van der Waals surface area contributed by atoms with Gasteiger partial charge in [-0.1, -0.05) is 25.1 Å². The molecule has 28 heavy (non-hydrogen) atoms. The molecule has 1 aromatic carbocycles. The fourth-order valence-electron chi connectivity index (χ4n) is 3.22. The lowest BCUT2D eigenvalue weighted by Gasteiger charge is -2.21. The number of benzene rings is 1. The Bertz CT molecular complexity index is 720. The molecule has 1 N–H and O–H groups in total. The lowest BCUT2D eigenvalue weighted by Crippen LogP contribution is -2.40. The van der Waals surface area contributed by atoms with Crippen molar-refractivity contribution in [1.29, 1.82) is 0 Å². The third-order valence-electron chi connectivity index (χ3n) is 4.68. The van der Waals surface area contributed by atoms with Crippen molar-refractivity contribution in [2.24, 2.45) is 10.9 Å². The molecule has 4 nitrogen and oxygen atoms in total. The normalized spacial score (nSPS) is 16.9. The first-order valence-electron chi connectivity index (χ1n) is 9.92. The van der Waals surface area contributed by atoms with Crippen LogP contribution in [0.5, 0.6) is 0 Å². The fraction of sp³-hybridized carbons (Fsp3) is 0.524. The molecule has 0 radical (unpaired) electrons. The van der Waals surface area contributed by atoms with Gasteiger partial charge in [-0.2, -0.15) is 0 Å². The summed E-state index contributed by atoms with van der Waals surface area (Å²) in [5.74, 6) is 2.97. The molecular formula is C21H31IN4S2. The van der Waals surface area contributed by atoms with Crippen molar-refractivity contribution in [3.8, 4) is 0 Å². The van der Waals surface area contributed by atoms with Crippen LogP contribution in [0.4, 0.5) is 0 Å². The Morgan fingerprint density at radius 1 is 1.32 bits per heavy atom. The molecule has 7 heteroatoms. The van der Waals surface area contributed by atoms with Gasteiger partial charge in [-0.25, -0.2) is 4.98 Å². The fourth-order valence-corrected chi connectivity index (χ4v) is 5.05. The summed E-state index contributed by atoms with van der Waals surface area (Å²) in [5.41, 5.74) is 1.18. The minimum Gasteiger partial charge on any atom is -0.357 e. The van der Waals surface area contributed by atoms with Crippen molar-refractivity contribution in [1.82, 2.24) is 15.2 Å². The van der Waals surface area contributed by atoms with Crippen molar-refractivity contribution in [3.63, 3.8) is 0 Å². The number of aromatic nitrogens is 1. The van der Waals surface area contributed by atoms with Gasteiger partial charge in [0.2, 0.25) is 0 Å². The third kappa shape index (κ3) is 7.22. The predicted molar refractivity (Wildman–Crippen MR) is 133 cm³/mol. The summed E-state index contributed by atoms with van der Waals surface area (Å²) in [6.45, 7) is 8.21. The Morgan fingerprint density at radius 2 is 2.14 bits per heavy atom. The first-order valence-corrected chi connectivity index (χ1v) is 11.8. The van der Waals surface area contributed by atoms with Crippen molar-refractivity contribution >= 4 is 53.0 Å². The summed E-state index contributed by atoms with van der Waals surface area (Å²) in [4.78, 5) is 13.3. The van der Waals surface area contributed by atoms with E-state index in [0.717, 1.165) is 50.9 Å². The second-order valence-corrected chi connectivity index (χ2v) is 8.83. The summed E-state index contributed by atoms with van der Waals surface area (Å²) in [7, 11) is 0. The van der Waals surface area contributed by atoms with Gasteiger partial charge in [0.25, 0.3) is 0 Å². The largest absolute Gasteiger partial charge is 0.357 e. The van der Waals surface area contributed by atoms with Crippen LogP contribution >= 0.6 is 47.1 Å². The van der Waals surface area contributed by atoms with Crippen molar-refractivity contribution < 1.29 is 0 Å². The second-order valence-electron chi connectivity index (χ2n) is 6.80. The van der Waals surface area contributed by atoms with E-state index >= 15 is 0 Å². The number of hydrogen-bond acceptors (Lipinski definition) is 4. The highest BCUT2D eigenvalue weighted by Crippen LogP contribution is 2.25. The molecule has 1 unspecified atom stereocenters. The number of nitrogens with zero attached hydrogens (tertiary/aromatic N) is 3. The molecule has 1 aliphatic rings. The molecule has 0 saturated carbocycles. The summed E-state index contributed by atoms with van der Waals surface area (Å²) in [6.07, 6.45) is 3.19. The van der Waals surface area contributed by atoms with Gasteiger partial charge in [0.05, 0.1) is 10.7 Å². The van der Waals surface area contributed by atoms with E-state index in [1.165, 1.54) is 27.8 Å². The molecule has 1 saturated heterocycles. The van der Waals surface area contributed by atoms with Gasteiger partial charge in [0, 0.05) is 48.6 Å². The van der Waals surface area contributed by atoms with E-state index in [1.807, 2.05) is 11.8 Å². The number of halogens is 1. The molecule has 0 amide bonds. The minimum absolute atomic E-state index is 0. The van der Waals surface area contributed by atoms with E-state index in [4.69, 9.17) is 4.99 Å². The quantitative estimate of drug-likeness (QED) is 0.227. The summed E-state index contributed by atoms with van der Waals surface area (Å²) in [5, 5.41) is 6.87. The number of aryl methyl sites for hydroxylation is 1. The standard InChI is InChI=1S/C21H30N4S2.HI/c1-3-20-24-18(16-27-20)10-12-23-21(22-4-2)25-13-11-17(14-25)15-26-19-8-6-5-7-9-19;/h5-9,16-17H,3-4,10-15H2,1-2H3,(H,22,23);1H. The van der Waals surface area contributed by atoms with Crippen LogP contribution in [-0.4, -0.2) is 47.8 Å². The van der Waals surface area contributed by atoms with Gasteiger partial charge in [-0.15, -0.1) is 47.1 Å². The maximum Gasteiger partial charge on any atom is 0.193 e. The number of guanidine groups is 1. The number of aliphatic imine (C=N–C) groups is 1. The Balaban J connectivity index is 0.00000280. The summed E-state index contributed by atoms with van der Waals surface area (Å²) >= 11 is 3.73. The highest BCUT2D eigenvalue weighted by Gasteiger charge is 2.24. The predicted octanol–water partition coefficient (Wildman–Crippen LogP) is 4.95. The lowest BCUT2D eigenvalue weighted by atomic mass is 10.2. The van der Waals surface area contributed by atoms with Gasteiger partial charge in [-0.3, -0.25) is 4.99 Å². The Kier molecular flexibility index (Phi) is 10.6. The monoisotopic (exact) mass is 530 g/mol. The van der Waals surface area contributed by atoms with Gasteiger partial charge >= 0.3 is 0 Å². The van der Waals surface area contributed by atoms with Crippen molar-refractivity contribution in [3.05, 3.63) is 46.4 Å². The van der Waals surface area contributed by atoms with Crippen LogP contribution in [0.2, 0.25) is 0 Å². The third-order valence-corrected chi connectivity index (χ3v) is 6.97.